The highest BCUT2D eigenvalue weighted by Crippen LogP contribution is 2.62. The van der Waals surface area contributed by atoms with Gasteiger partial charge in [-0.3, -0.25) is 14.4 Å². The van der Waals surface area contributed by atoms with Crippen molar-refractivity contribution in [3.05, 3.63) is 29.8 Å². The minimum Gasteiger partial charge on any atom is -0.343 e. The molecule has 2 aliphatic heterocycles. The number of anilines is 1. The lowest BCUT2D eigenvalue weighted by Gasteiger charge is -2.26. The van der Waals surface area contributed by atoms with Crippen LogP contribution < -0.4 is 15.8 Å². The van der Waals surface area contributed by atoms with Crippen LogP contribution in [-0.4, -0.2) is 56.9 Å². The van der Waals surface area contributed by atoms with Crippen LogP contribution in [0.2, 0.25) is 0 Å². The molecule has 1 aromatic rings. The molecule has 0 spiro atoms. The zero-order chi connectivity index (χ0) is 28.2. The van der Waals surface area contributed by atoms with Gasteiger partial charge in [0, 0.05) is 25.2 Å². The van der Waals surface area contributed by atoms with Gasteiger partial charge in [0.05, 0.1) is 18.2 Å². The van der Waals surface area contributed by atoms with Crippen molar-refractivity contribution in [3.8, 4) is 6.07 Å². The molecule has 37 heavy (non-hydrogen) atoms. The van der Waals surface area contributed by atoms with Gasteiger partial charge in [-0.15, -0.1) is 0 Å². The van der Waals surface area contributed by atoms with Crippen LogP contribution >= 0.6 is 0 Å². The fourth-order valence-electron chi connectivity index (χ4n) is 4.89. The average molecular weight is 534 g/mol. The first-order chi connectivity index (χ1) is 17.0. The number of primary sulfonamides is 1. The summed E-state index contributed by atoms with van der Waals surface area (Å²) in [5.74, 6) is 1.41. The number of amides is 3. The molecule has 3 aliphatic rings. The topological polar surface area (TPSA) is 162 Å². The largest absolute Gasteiger partial charge is 0.343 e. The third-order valence-corrected chi connectivity index (χ3v) is 6.96. The van der Waals surface area contributed by atoms with Gasteiger partial charge in [-0.1, -0.05) is 52.8 Å². The molecule has 1 aromatic carbocycles. The second kappa shape index (κ2) is 11.6. The number of hydrogen-bond donors (Lipinski definition) is 3. The molecule has 0 aromatic heterocycles. The standard InChI is InChI=1S/C13H23NO.C12H11N3O2.CH5NO2S/c1-12(2,3)6-11(15)14-7-9-10(8-14)13(9,4)5;13-6-8(14-7-16)5-10-9-3-1-2-4-11(9)15-12(10)17;1-5(2,3)4/h9-10H,6-8H2,1-5H3;1-4,7-8,10H,5H2,(H,14,16)(H,15,17);1H3,(H2,2,3,4)/t9-,10?;8-,10?;/m00./s1. The second-order valence-corrected chi connectivity index (χ2v) is 13.4. The first-order valence-electron chi connectivity index (χ1n) is 12.2. The highest BCUT2D eigenvalue weighted by atomic mass is 32.2. The number of nitrogens with one attached hydrogen (secondary N) is 2. The fraction of sp³-hybridized carbons (Fsp3) is 0.615. The second-order valence-electron chi connectivity index (χ2n) is 11.7. The first-order valence-corrected chi connectivity index (χ1v) is 14.2. The molecule has 0 radical (unpaired) electrons. The molecular formula is C26H39N5O5S. The van der Waals surface area contributed by atoms with E-state index in [0.29, 0.717) is 24.2 Å². The molecule has 4 atom stereocenters. The van der Waals surface area contributed by atoms with E-state index >= 15 is 0 Å². The Morgan fingerprint density at radius 2 is 1.84 bits per heavy atom. The third-order valence-electron chi connectivity index (χ3n) is 6.96. The maximum atomic E-state index is 12.0. The van der Waals surface area contributed by atoms with E-state index in [-0.39, 0.29) is 23.7 Å². The van der Waals surface area contributed by atoms with Gasteiger partial charge in [0.15, 0.2) is 0 Å². The minimum atomic E-state index is -3.17. The van der Waals surface area contributed by atoms with E-state index in [9.17, 15) is 22.8 Å². The van der Waals surface area contributed by atoms with Crippen molar-refractivity contribution in [2.45, 2.75) is 59.4 Å². The van der Waals surface area contributed by atoms with Crippen molar-refractivity contribution in [1.29, 1.82) is 5.26 Å². The van der Waals surface area contributed by atoms with Gasteiger partial charge in [0.1, 0.15) is 6.04 Å². The van der Waals surface area contributed by atoms with Gasteiger partial charge in [-0.25, -0.2) is 13.6 Å². The van der Waals surface area contributed by atoms with E-state index in [4.69, 9.17) is 5.26 Å². The molecule has 2 unspecified atom stereocenters. The Morgan fingerprint density at radius 1 is 1.30 bits per heavy atom. The molecular weight excluding hydrogens is 494 g/mol. The summed E-state index contributed by atoms with van der Waals surface area (Å²) in [6.45, 7) is 13.1. The zero-order valence-electron chi connectivity index (χ0n) is 22.4. The SMILES string of the molecule is CC(C)(C)CC(=O)N1CC2[C@H](C1)C2(C)C.CS(N)(=O)=O.N#C[C@H](CC1C(=O)Nc2ccccc21)NC=O. The highest BCUT2D eigenvalue weighted by molar-refractivity contribution is 7.88. The predicted molar refractivity (Wildman–Crippen MR) is 141 cm³/mol. The Balaban J connectivity index is 0.000000222. The lowest BCUT2D eigenvalue weighted by molar-refractivity contribution is -0.132. The summed E-state index contributed by atoms with van der Waals surface area (Å²) in [6, 6.07) is 8.68. The number of fused-ring (bicyclic) bond motifs is 2. The van der Waals surface area contributed by atoms with Crippen LogP contribution in [0.3, 0.4) is 0 Å². The Bertz CT molecular complexity index is 1130. The summed E-state index contributed by atoms with van der Waals surface area (Å²) < 4.78 is 18.8. The number of piperidine rings is 1. The molecule has 1 saturated heterocycles. The van der Waals surface area contributed by atoms with Crippen LogP contribution in [0.5, 0.6) is 0 Å². The number of para-hydroxylation sites is 1. The monoisotopic (exact) mass is 533 g/mol. The normalized spacial score (nSPS) is 23.5. The quantitative estimate of drug-likeness (QED) is 0.491. The van der Waals surface area contributed by atoms with E-state index in [0.717, 1.165) is 42.4 Å². The lowest BCUT2D eigenvalue weighted by Crippen LogP contribution is -2.35. The van der Waals surface area contributed by atoms with Crippen LogP contribution in [0.15, 0.2) is 24.3 Å². The van der Waals surface area contributed by atoms with Crippen LogP contribution in [0, 0.1) is 34.0 Å². The number of carbonyl (C=O) groups is 3. The Kier molecular flexibility index (Phi) is 9.49. The number of carbonyl (C=O) groups excluding carboxylic acids is 3. The number of sulfonamides is 1. The van der Waals surface area contributed by atoms with Crippen LogP contribution in [0.1, 0.15) is 58.9 Å². The summed E-state index contributed by atoms with van der Waals surface area (Å²) in [5.41, 5.74) is 2.30. The molecule has 4 rings (SSSR count). The Morgan fingerprint density at radius 3 is 2.32 bits per heavy atom. The first kappa shape index (κ1) is 30.3. The van der Waals surface area contributed by atoms with Crippen molar-refractivity contribution >= 4 is 33.9 Å². The van der Waals surface area contributed by atoms with Crippen LogP contribution in [0.25, 0.3) is 0 Å². The van der Waals surface area contributed by atoms with Crippen molar-refractivity contribution in [1.82, 2.24) is 10.2 Å². The molecule has 4 N–H and O–H groups in total. The van der Waals surface area contributed by atoms with E-state index in [1.54, 1.807) is 0 Å². The number of nitrogens with two attached hydrogens (primary N) is 1. The van der Waals surface area contributed by atoms with Crippen molar-refractivity contribution in [2.75, 3.05) is 24.7 Å². The van der Waals surface area contributed by atoms with Crippen LogP contribution in [-0.2, 0) is 24.4 Å². The van der Waals surface area contributed by atoms with Gasteiger partial charge in [-0.2, -0.15) is 5.26 Å². The minimum absolute atomic E-state index is 0.124. The molecule has 2 fully saturated rings. The highest BCUT2D eigenvalue weighted by Gasteiger charge is 2.62. The van der Waals surface area contributed by atoms with Crippen molar-refractivity contribution < 1.29 is 22.8 Å². The summed E-state index contributed by atoms with van der Waals surface area (Å²) in [6.07, 6.45) is 2.39. The molecule has 3 amide bonds. The van der Waals surface area contributed by atoms with Gasteiger partial charge in [0.25, 0.3) is 0 Å². The van der Waals surface area contributed by atoms with Gasteiger partial charge in [0.2, 0.25) is 28.2 Å². The maximum Gasteiger partial charge on any atom is 0.232 e. The van der Waals surface area contributed by atoms with E-state index < -0.39 is 16.1 Å². The zero-order valence-corrected chi connectivity index (χ0v) is 23.3. The molecule has 11 heteroatoms. The average Bonchev–Trinajstić information content (AvgIpc) is 3.12. The number of benzene rings is 1. The smallest absolute Gasteiger partial charge is 0.232 e. The molecule has 2 heterocycles. The number of hydrogen-bond acceptors (Lipinski definition) is 6. The van der Waals surface area contributed by atoms with E-state index in [1.165, 1.54) is 0 Å². The van der Waals surface area contributed by atoms with Gasteiger partial charge >= 0.3 is 0 Å². The van der Waals surface area contributed by atoms with Gasteiger partial charge in [-0.05, 0) is 40.7 Å². The van der Waals surface area contributed by atoms with Crippen molar-refractivity contribution in [2.24, 2.45) is 27.8 Å². The maximum absolute atomic E-state index is 12.0. The molecule has 10 nitrogen and oxygen atoms in total. The van der Waals surface area contributed by atoms with Crippen LogP contribution in [0.4, 0.5) is 5.69 Å². The molecule has 204 valence electrons. The number of nitriles is 1. The number of nitrogens with zero attached hydrogens (tertiary/aromatic N) is 2. The number of rotatable bonds is 5. The third kappa shape index (κ3) is 8.83. The summed E-state index contributed by atoms with van der Waals surface area (Å²) >= 11 is 0. The van der Waals surface area contributed by atoms with E-state index in [2.05, 4.69) is 55.3 Å². The fourth-order valence-corrected chi connectivity index (χ4v) is 4.89. The summed E-state index contributed by atoms with van der Waals surface area (Å²) in [4.78, 5) is 36.1. The molecule has 0 bridgehead atoms. The summed E-state index contributed by atoms with van der Waals surface area (Å²) in [5, 5.41) is 18.3. The van der Waals surface area contributed by atoms with E-state index in [1.807, 2.05) is 30.3 Å². The summed E-state index contributed by atoms with van der Waals surface area (Å²) in [7, 11) is -3.17. The molecule has 1 saturated carbocycles. The predicted octanol–water partition coefficient (Wildman–Crippen LogP) is 2.19. The van der Waals surface area contributed by atoms with Gasteiger partial charge < -0.3 is 15.5 Å². The lowest BCUT2D eigenvalue weighted by atomic mass is 9.91. The Hall–Kier alpha value is -2.97. The Labute approximate surface area is 220 Å². The van der Waals surface area contributed by atoms with Crippen molar-refractivity contribution in [3.63, 3.8) is 0 Å². The molecule has 1 aliphatic carbocycles. The number of likely N-dealkylation sites (tertiary alicyclic amines) is 1.